The number of nitro benzene ring substituents is 1. The lowest BCUT2D eigenvalue weighted by Crippen LogP contribution is -2.49. The van der Waals surface area contributed by atoms with Crippen molar-refractivity contribution in [2.24, 2.45) is 0 Å². The Balaban J connectivity index is 1.51. The summed E-state index contributed by atoms with van der Waals surface area (Å²) >= 11 is 0. The van der Waals surface area contributed by atoms with Crippen LogP contribution in [0.25, 0.3) is 0 Å². The minimum Gasteiger partial charge on any atom is -0.371 e. The highest BCUT2D eigenvalue weighted by Crippen LogP contribution is 2.30. The number of rotatable bonds is 6. The number of carbonyl (C=O) groups excluding carboxylic acids is 2. The van der Waals surface area contributed by atoms with Gasteiger partial charge in [-0.3, -0.25) is 14.9 Å². The third-order valence-electron chi connectivity index (χ3n) is 6.36. The van der Waals surface area contributed by atoms with E-state index in [2.05, 4.69) is 4.90 Å². The summed E-state index contributed by atoms with van der Waals surface area (Å²) in [5.74, 6) is -0.624. The van der Waals surface area contributed by atoms with Crippen LogP contribution >= 0.6 is 0 Å². The fraction of sp³-hybridized carbons (Fsp3) is 0.417. The number of nitrogens with zero attached hydrogens (tertiary/aromatic N) is 4. The number of hydrogen-bond acceptors (Lipinski definition) is 6. The number of piperidine rings is 1. The van der Waals surface area contributed by atoms with Gasteiger partial charge in [0.25, 0.3) is 11.6 Å². The molecule has 4 rings (SSSR count). The molecule has 2 heterocycles. The monoisotopic (exact) mass is 454 g/mol. The molecule has 8 nitrogen and oxygen atoms in total. The molecule has 2 aromatic carbocycles. The van der Waals surface area contributed by atoms with E-state index in [1.807, 2.05) is 4.90 Å². The number of piperazine rings is 1. The van der Waals surface area contributed by atoms with Crippen LogP contribution in [-0.4, -0.2) is 61.3 Å². The molecular formula is C24H27FN4O4. The summed E-state index contributed by atoms with van der Waals surface area (Å²) in [5.41, 5.74) is 2.06. The standard InChI is InChI=1S/C24H27FN4O4/c25-21-16-18(8-15-30)4-6-23(21)27-11-13-28(14-12-27)24(31)20-17-19(29(32)33)5-7-22(20)26-9-2-1-3-10-26/h4-7,15-17H,1-3,8-14H2. The third kappa shape index (κ3) is 4.97. The zero-order valence-corrected chi connectivity index (χ0v) is 18.4. The van der Waals surface area contributed by atoms with Gasteiger partial charge in [-0.2, -0.15) is 0 Å². The van der Waals surface area contributed by atoms with E-state index in [0.29, 0.717) is 43.0 Å². The van der Waals surface area contributed by atoms with E-state index in [4.69, 9.17) is 0 Å². The Bertz CT molecular complexity index is 1050. The molecule has 0 radical (unpaired) electrons. The Morgan fingerprint density at radius 2 is 1.61 bits per heavy atom. The van der Waals surface area contributed by atoms with Crippen molar-refractivity contribution in [3.63, 3.8) is 0 Å². The van der Waals surface area contributed by atoms with E-state index in [1.54, 1.807) is 23.1 Å². The molecule has 2 fully saturated rings. The smallest absolute Gasteiger partial charge is 0.270 e. The van der Waals surface area contributed by atoms with Crippen molar-refractivity contribution >= 4 is 29.3 Å². The Labute approximate surface area is 191 Å². The molecule has 2 aliphatic rings. The Kier molecular flexibility index (Phi) is 6.86. The molecule has 2 aliphatic heterocycles. The highest BCUT2D eigenvalue weighted by atomic mass is 19.1. The molecule has 0 bridgehead atoms. The summed E-state index contributed by atoms with van der Waals surface area (Å²) in [6.45, 7) is 3.32. The van der Waals surface area contributed by atoms with Crippen molar-refractivity contribution in [3.05, 3.63) is 63.5 Å². The number of halogens is 1. The van der Waals surface area contributed by atoms with Crippen LogP contribution in [0.5, 0.6) is 0 Å². The van der Waals surface area contributed by atoms with Gasteiger partial charge in [0.2, 0.25) is 0 Å². The molecule has 0 saturated carbocycles. The van der Waals surface area contributed by atoms with E-state index in [-0.39, 0.29) is 23.8 Å². The largest absolute Gasteiger partial charge is 0.371 e. The zero-order valence-electron chi connectivity index (χ0n) is 18.4. The van der Waals surface area contributed by atoms with Gasteiger partial charge in [-0.05, 0) is 43.0 Å². The molecule has 2 aromatic rings. The predicted octanol–water partition coefficient (Wildman–Crippen LogP) is 3.43. The number of amides is 1. The van der Waals surface area contributed by atoms with E-state index < -0.39 is 4.92 Å². The maximum Gasteiger partial charge on any atom is 0.270 e. The minimum absolute atomic E-state index is 0.102. The van der Waals surface area contributed by atoms with Gasteiger partial charge >= 0.3 is 0 Å². The topological polar surface area (TPSA) is 87.0 Å². The van der Waals surface area contributed by atoms with E-state index in [1.165, 1.54) is 18.2 Å². The van der Waals surface area contributed by atoms with Gasteiger partial charge < -0.3 is 19.5 Å². The Morgan fingerprint density at radius 3 is 2.24 bits per heavy atom. The maximum absolute atomic E-state index is 14.6. The molecule has 0 unspecified atom stereocenters. The molecule has 1 amide bonds. The van der Waals surface area contributed by atoms with Crippen LogP contribution in [-0.2, 0) is 11.2 Å². The summed E-state index contributed by atoms with van der Waals surface area (Å²) in [4.78, 5) is 40.6. The van der Waals surface area contributed by atoms with Crippen molar-refractivity contribution in [1.82, 2.24) is 4.90 Å². The second-order valence-electron chi connectivity index (χ2n) is 8.44. The molecule has 33 heavy (non-hydrogen) atoms. The number of non-ortho nitro benzene ring substituents is 1. The second kappa shape index (κ2) is 9.97. The lowest BCUT2D eigenvalue weighted by molar-refractivity contribution is -0.384. The van der Waals surface area contributed by atoms with Crippen molar-refractivity contribution in [3.8, 4) is 0 Å². The number of anilines is 2. The van der Waals surface area contributed by atoms with Gasteiger partial charge in [-0.15, -0.1) is 0 Å². The highest BCUT2D eigenvalue weighted by Gasteiger charge is 2.28. The number of hydrogen-bond donors (Lipinski definition) is 0. The molecule has 174 valence electrons. The SMILES string of the molecule is O=CCc1ccc(N2CCN(C(=O)c3cc([N+](=O)[O-])ccc3N3CCCCC3)CC2)c(F)c1. The van der Waals surface area contributed by atoms with Gasteiger partial charge in [0, 0.05) is 57.8 Å². The van der Waals surface area contributed by atoms with E-state index in [9.17, 15) is 24.1 Å². The molecule has 0 aromatic heterocycles. The van der Waals surface area contributed by atoms with Gasteiger partial charge in [-0.25, -0.2) is 4.39 Å². The van der Waals surface area contributed by atoms with Gasteiger partial charge in [-0.1, -0.05) is 6.07 Å². The first-order chi connectivity index (χ1) is 16.0. The number of nitro groups is 1. The predicted molar refractivity (Wildman–Crippen MR) is 123 cm³/mol. The van der Waals surface area contributed by atoms with Crippen molar-refractivity contribution in [2.45, 2.75) is 25.7 Å². The summed E-state index contributed by atoms with van der Waals surface area (Å²) in [6, 6.07) is 9.29. The van der Waals surface area contributed by atoms with Crippen LogP contribution in [0.15, 0.2) is 36.4 Å². The molecule has 0 N–H and O–H groups in total. The van der Waals surface area contributed by atoms with Crippen LogP contribution in [0, 0.1) is 15.9 Å². The summed E-state index contributed by atoms with van der Waals surface area (Å²) < 4.78 is 14.6. The lowest BCUT2D eigenvalue weighted by Gasteiger charge is -2.37. The number of aldehydes is 1. The molecular weight excluding hydrogens is 427 g/mol. The van der Waals surface area contributed by atoms with Crippen LogP contribution in [0.4, 0.5) is 21.5 Å². The molecule has 9 heteroatoms. The van der Waals surface area contributed by atoms with Gasteiger partial charge in [0.05, 0.1) is 21.9 Å². The first kappa shape index (κ1) is 22.7. The third-order valence-corrected chi connectivity index (χ3v) is 6.36. The fourth-order valence-electron chi connectivity index (χ4n) is 4.57. The highest BCUT2D eigenvalue weighted by molar-refractivity contribution is 6.00. The average Bonchev–Trinajstić information content (AvgIpc) is 2.84. The first-order valence-electron chi connectivity index (χ1n) is 11.3. The number of carbonyl (C=O) groups is 2. The quantitative estimate of drug-likeness (QED) is 0.378. The molecule has 0 atom stereocenters. The van der Waals surface area contributed by atoms with Crippen LogP contribution < -0.4 is 9.80 Å². The van der Waals surface area contributed by atoms with Crippen molar-refractivity contribution in [2.75, 3.05) is 49.1 Å². The Hall–Kier alpha value is -3.49. The lowest BCUT2D eigenvalue weighted by atomic mass is 10.0. The normalized spacial score (nSPS) is 16.6. The maximum atomic E-state index is 14.6. The Morgan fingerprint density at radius 1 is 0.939 bits per heavy atom. The van der Waals surface area contributed by atoms with E-state index >= 15 is 0 Å². The van der Waals surface area contributed by atoms with Gasteiger partial charge in [0.15, 0.2) is 0 Å². The second-order valence-corrected chi connectivity index (χ2v) is 8.44. The van der Waals surface area contributed by atoms with Crippen molar-refractivity contribution in [1.29, 1.82) is 0 Å². The molecule has 2 saturated heterocycles. The number of benzene rings is 2. The fourth-order valence-corrected chi connectivity index (χ4v) is 4.57. The first-order valence-corrected chi connectivity index (χ1v) is 11.3. The van der Waals surface area contributed by atoms with Crippen LogP contribution in [0.1, 0.15) is 35.2 Å². The van der Waals surface area contributed by atoms with Gasteiger partial charge in [0.1, 0.15) is 12.1 Å². The molecule has 0 spiro atoms. The van der Waals surface area contributed by atoms with Crippen LogP contribution in [0.2, 0.25) is 0 Å². The van der Waals surface area contributed by atoms with Crippen LogP contribution in [0.3, 0.4) is 0 Å². The van der Waals surface area contributed by atoms with Crippen molar-refractivity contribution < 1.29 is 18.9 Å². The summed E-state index contributed by atoms with van der Waals surface area (Å²) in [5, 5.41) is 11.3. The minimum atomic E-state index is -0.480. The summed E-state index contributed by atoms with van der Waals surface area (Å²) in [6.07, 6.45) is 4.11. The van der Waals surface area contributed by atoms with E-state index in [0.717, 1.165) is 44.3 Å². The average molecular weight is 455 g/mol. The summed E-state index contributed by atoms with van der Waals surface area (Å²) in [7, 11) is 0. The zero-order chi connectivity index (χ0) is 23.4. The molecule has 0 aliphatic carbocycles.